The van der Waals surface area contributed by atoms with E-state index in [1.54, 1.807) is 14.0 Å². The summed E-state index contributed by atoms with van der Waals surface area (Å²) in [6, 6.07) is 19.6. The van der Waals surface area contributed by atoms with Crippen molar-refractivity contribution >= 4 is 29.5 Å². The molecule has 1 aliphatic carbocycles. The van der Waals surface area contributed by atoms with Crippen LogP contribution in [0.2, 0.25) is 0 Å². The largest absolute Gasteiger partial charge is 0.436 e. The third-order valence-corrected chi connectivity index (χ3v) is 9.95. The number of likely N-dealkylation sites (N-methyl/N-ethyl adjacent to an activating group) is 1. The quantitative estimate of drug-likeness (QED) is 0.0664. The average molecular weight is 897 g/mol. The number of ether oxygens (including phenoxy) is 9. The number of nitrogens with zero attached hydrogens (tertiary/aromatic N) is 1. The van der Waals surface area contributed by atoms with Gasteiger partial charge in [0.25, 0.3) is 5.91 Å². The van der Waals surface area contributed by atoms with Gasteiger partial charge in [-0.25, -0.2) is 4.79 Å². The summed E-state index contributed by atoms with van der Waals surface area (Å²) in [5, 5.41) is 18.5. The van der Waals surface area contributed by atoms with Crippen molar-refractivity contribution in [3.05, 3.63) is 89.5 Å². The van der Waals surface area contributed by atoms with Gasteiger partial charge in [0.2, 0.25) is 11.8 Å². The van der Waals surface area contributed by atoms with E-state index in [0.717, 1.165) is 22.3 Å². The smallest absolute Gasteiger partial charge is 0.411 e. The molecule has 0 fully saturated rings. The lowest BCUT2D eigenvalue weighted by Gasteiger charge is -2.26. The molecule has 0 aromatic heterocycles. The molecule has 3 atom stereocenters. The molecule has 0 bridgehead atoms. The average Bonchev–Trinajstić information content (AvgIpc) is 3.62. The van der Waals surface area contributed by atoms with Crippen molar-refractivity contribution in [3.63, 3.8) is 0 Å². The van der Waals surface area contributed by atoms with Crippen LogP contribution in [-0.2, 0) is 57.0 Å². The van der Waals surface area contributed by atoms with Gasteiger partial charge in [-0.3, -0.25) is 19.3 Å². The van der Waals surface area contributed by atoms with Gasteiger partial charge in [-0.2, -0.15) is 0 Å². The van der Waals surface area contributed by atoms with Gasteiger partial charge in [0.1, 0.15) is 12.1 Å². The molecule has 18 heteroatoms. The summed E-state index contributed by atoms with van der Waals surface area (Å²) < 4.78 is 48.8. The zero-order chi connectivity index (χ0) is 45.9. The van der Waals surface area contributed by atoms with Crippen LogP contribution in [0.3, 0.4) is 0 Å². The number of rotatable bonds is 32. The van der Waals surface area contributed by atoms with Gasteiger partial charge in [-0.05, 0) is 42.7 Å². The van der Waals surface area contributed by atoms with Gasteiger partial charge in [0.05, 0.1) is 99.1 Å². The Morgan fingerprint density at radius 2 is 1.03 bits per heavy atom. The van der Waals surface area contributed by atoms with Crippen molar-refractivity contribution in [1.82, 2.24) is 15.5 Å². The highest BCUT2D eigenvalue weighted by molar-refractivity contribution is 5.98. The Morgan fingerprint density at radius 3 is 1.50 bits per heavy atom. The number of amides is 4. The zero-order valence-electron chi connectivity index (χ0n) is 37.3. The highest BCUT2D eigenvalue weighted by atomic mass is 16.6. The molecular formula is C46H64N4O14. The number of hydrogen-bond acceptors (Lipinski definition) is 14. The number of nitrogens with one attached hydrogen (secondary N) is 3. The summed E-state index contributed by atoms with van der Waals surface area (Å²) in [6.45, 7) is 9.92. The first-order chi connectivity index (χ1) is 31.1. The second-order valence-electron chi connectivity index (χ2n) is 14.5. The van der Waals surface area contributed by atoms with Crippen LogP contribution in [0.4, 0.5) is 10.5 Å². The Bertz CT molecular complexity index is 1810. The minimum absolute atomic E-state index is 0.180. The van der Waals surface area contributed by atoms with Crippen molar-refractivity contribution in [2.24, 2.45) is 0 Å². The fraction of sp³-hybridized carbons (Fsp3) is 0.522. The SMILES string of the molecule is COCCOCCOCCOCCOCCOCCOCCOCCNC(=O)C(O)c1ccc(NC(=O)[C@H](C)NC(=O)[C@H](C)N(C)C(=O)OC2c3ccccc3-c3ccccc32)cc1. The Labute approximate surface area is 375 Å². The topological polar surface area (TPSA) is 211 Å². The maximum absolute atomic E-state index is 13.2. The van der Waals surface area contributed by atoms with Crippen molar-refractivity contribution in [3.8, 4) is 11.1 Å². The number of carbonyl (C=O) groups is 4. The molecule has 0 saturated heterocycles. The van der Waals surface area contributed by atoms with Crippen molar-refractivity contribution in [2.45, 2.75) is 38.1 Å². The second-order valence-corrected chi connectivity index (χ2v) is 14.5. The number of benzene rings is 3. The van der Waals surface area contributed by atoms with E-state index in [9.17, 15) is 24.3 Å². The molecule has 0 radical (unpaired) electrons. The van der Waals surface area contributed by atoms with E-state index >= 15 is 0 Å². The van der Waals surface area contributed by atoms with E-state index in [2.05, 4.69) is 16.0 Å². The standard InChI is InChI=1S/C46H64N4O14/c1-33(48-44(53)34(2)50(3)46(55)64-42-39-11-7-5-9-37(39)38-10-6-8-12-40(38)42)43(52)49-36-15-13-35(14-16-36)41(51)45(54)47-17-18-57-21-22-59-25-26-61-29-30-63-32-31-62-28-27-60-24-23-58-20-19-56-4/h5-16,33-34,41-42,51H,17-32H2,1-4H3,(H,47,54)(H,48,53)(H,49,52)/t33-,34-,41?/m0/s1. The van der Waals surface area contributed by atoms with Gasteiger partial charge in [0, 0.05) is 37.5 Å². The maximum Gasteiger partial charge on any atom is 0.411 e. The number of methoxy groups -OCH3 is 1. The second kappa shape index (κ2) is 29.4. The molecule has 0 heterocycles. The number of aliphatic hydroxyl groups is 1. The van der Waals surface area contributed by atoms with Gasteiger partial charge >= 0.3 is 6.09 Å². The third-order valence-electron chi connectivity index (χ3n) is 9.95. The van der Waals surface area contributed by atoms with Crippen LogP contribution >= 0.6 is 0 Å². The van der Waals surface area contributed by atoms with Gasteiger partial charge in [0.15, 0.2) is 12.2 Å². The van der Waals surface area contributed by atoms with Crippen molar-refractivity contribution in [2.75, 3.05) is 125 Å². The third kappa shape index (κ3) is 17.5. The highest BCUT2D eigenvalue weighted by Gasteiger charge is 2.34. The Kier molecular flexibility index (Phi) is 23.7. The Balaban J connectivity index is 0.993. The minimum atomic E-state index is -1.44. The van der Waals surface area contributed by atoms with E-state index in [1.807, 2.05) is 48.5 Å². The van der Waals surface area contributed by atoms with E-state index in [4.69, 9.17) is 42.6 Å². The summed E-state index contributed by atoms with van der Waals surface area (Å²) >= 11 is 0. The van der Waals surface area contributed by atoms with Crippen LogP contribution in [0, 0.1) is 0 Å². The molecule has 4 rings (SSSR count). The van der Waals surface area contributed by atoms with Gasteiger partial charge in [-0.1, -0.05) is 60.7 Å². The first-order valence-corrected chi connectivity index (χ1v) is 21.4. The summed E-state index contributed by atoms with van der Waals surface area (Å²) in [4.78, 5) is 53.0. The van der Waals surface area contributed by atoms with Crippen LogP contribution in [0.25, 0.3) is 11.1 Å². The predicted octanol–water partition coefficient (Wildman–Crippen LogP) is 3.27. The van der Waals surface area contributed by atoms with Crippen molar-refractivity contribution < 1.29 is 66.9 Å². The molecule has 18 nitrogen and oxygen atoms in total. The fourth-order valence-electron chi connectivity index (χ4n) is 6.21. The summed E-state index contributed by atoms with van der Waals surface area (Å²) in [6.07, 6.45) is -2.75. The van der Waals surface area contributed by atoms with Crippen LogP contribution in [0.15, 0.2) is 72.8 Å². The van der Waals surface area contributed by atoms with Gasteiger partial charge < -0.3 is 63.7 Å². The van der Waals surface area contributed by atoms with Crippen LogP contribution in [0.5, 0.6) is 0 Å². The summed E-state index contributed by atoms with van der Waals surface area (Å²) in [7, 11) is 3.10. The lowest BCUT2D eigenvalue weighted by atomic mass is 10.1. The van der Waals surface area contributed by atoms with Gasteiger partial charge in [-0.15, -0.1) is 0 Å². The molecule has 4 amide bonds. The maximum atomic E-state index is 13.2. The first-order valence-electron chi connectivity index (χ1n) is 21.4. The molecule has 0 saturated carbocycles. The molecule has 1 unspecified atom stereocenters. The summed E-state index contributed by atoms with van der Waals surface area (Å²) in [5.41, 5.74) is 4.41. The Morgan fingerprint density at radius 1 is 0.594 bits per heavy atom. The molecule has 64 heavy (non-hydrogen) atoms. The molecule has 352 valence electrons. The lowest BCUT2D eigenvalue weighted by molar-refractivity contribution is -0.130. The normalized spacial score (nSPS) is 13.3. The highest BCUT2D eigenvalue weighted by Crippen LogP contribution is 2.45. The number of aliphatic hydroxyl groups excluding tert-OH is 1. The van der Waals surface area contributed by atoms with E-state index in [0.29, 0.717) is 104 Å². The molecule has 4 N–H and O–H groups in total. The monoisotopic (exact) mass is 896 g/mol. The number of anilines is 1. The lowest BCUT2D eigenvalue weighted by Crippen LogP contribution is -2.51. The summed E-state index contributed by atoms with van der Waals surface area (Å²) in [5.74, 6) is -1.67. The predicted molar refractivity (Wildman–Crippen MR) is 236 cm³/mol. The molecule has 0 aliphatic heterocycles. The van der Waals surface area contributed by atoms with Crippen LogP contribution in [-0.4, -0.2) is 166 Å². The first kappa shape index (κ1) is 51.6. The Hall–Kier alpha value is -5.02. The van der Waals surface area contributed by atoms with E-state index in [1.165, 1.54) is 43.1 Å². The van der Waals surface area contributed by atoms with Crippen LogP contribution in [0.1, 0.15) is 42.7 Å². The fourth-order valence-corrected chi connectivity index (χ4v) is 6.21. The molecular weight excluding hydrogens is 833 g/mol. The molecule has 3 aromatic rings. The van der Waals surface area contributed by atoms with E-state index in [-0.39, 0.29) is 13.2 Å². The number of carbonyl (C=O) groups excluding carboxylic acids is 4. The number of hydrogen-bond donors (Lipinski definition) is 4. The molecule has 1 aliphatic rings. The minimum Gasteiger partial charge on any atom is -0.436 e. The van der Waals surface area contributed by atoms with E-state index < -0.39 is 48.1 Å². The molecule has 3 aromatic carbocycles. The zero-order valence-corrected chi connectivity index (χ0v) is 37.3. The molecule has 0 spiro atoms. The number of fused-ring (bicyclic) bond motifs is 3. The van der Waals surface area contributed by atoms with Crippen LogP contribution < -0.4 is 16.0 Å². The van der Waals surface area contributed by atoms with Crippen molar-refractivity contribution in [1.29, 1.82) is 0 Å².